The number of nitrogens with one attached hydrogen (secondary N) is 2. The normalized spacial score (nSPS) is 18.5. The molecule has 2 amide bonds. The molecule has 1 heterocycles. The molecule has 0 saturated carbocycles. The van der Waals surface area contributed by atoms with Gasteiger partial charge in [0.2, 0.25) is 5.91 Å². The van der Waals surface area contributed by atoms with E-state index < -0.39 is 6.04 Å². The van der Waals surface area contributed by atoms with Crippen molar-refractivity contribution in [3.63, 3.8) is 0 Å². The van der Waals surface area contributed by atoms with E-state index in [1.807, 2.05) is 66.7 Å². The van der Waals surface area contributed by atoms with E-state index in [1.54, 1.807) is 17.0 Å². The van der Waals surface area contributed by atoms with Gasteiger partial charge >= 0.3 is 0 Å². The van der Waals surface area contributed by atoms with Crippen LogP contribution in [0.25, 0.3) is 0 Å². The first-order valence-corrected chi connectivity index (χ1v) is 12.1. The summed E-state index contributed by atoms with van der Waals surface area (Å²) in [6.07, 6.45) is 1.12. The lowest BCUT2D eigenvalue weighted by Crippen LogP contribution is -2.38. The summed E-state index contributed by atoms with van der Waals surface area (Å²) >= 11 is 0. The van der Waals surface area contributed by atoms with E-state index in [-0.39, 0.29) is 23.0 Å². The van der Waals surface area contributed by atoms with Crippen molar-refractivity contribution in [3.05, 3.63) is 101 Å². The van der Waals surface area contributed by atoms with Crippen LogP contribution >= 0.6 is 0 Å². The third-order valence-corrected chi connectivity index (χ3v) is 6.76. The van der Waals surface area contributed by atoms with Gasteiger partial charge in [-0.2, -0.15) is 0 Å². The van der Waals surface area contributed by atoms with Gasteiger partial charge in [0.15, 0.2) is 5.78 Å². The molecule has 1 atom stereocenters. The van der Waals surface area contributed by atoms with Crippen molar-refractivity contribution in [1.29, 1.82) is 0 Å². The Morgan fingerprint density at radius 3 is 2.28 bits per heavy atom. The molecule has 2 aliphatic rings. The minimum Gasteiger partial charge on any atom is -0.357 e. The number of ketones is 1. The molecule has 0 radical (unpaired) electrons. The molecule has 1 aliphatic heterocycles. The lowest BCUT2D eigenvalue weighted by atomic mass is 9.73. The van der Waals surface area contributed by atoms with E-state index in [0.717, 1.165) is 22.6 Å². The summed E-state index contributed by atoms with van der Waals surface area (Å²) in [5.41, 5.74) is 4.86. The van der Waals surface area contributed by atoms with E-state index in [0.29, 0.717) is 29.7 Å². The molecule has 0 spiro atoms. The smallest absolute Gasteiger partial charge is 0.255 e. The van der Waals surface area contributed by atoms with Gasteiger partial charge in [-0.25, -0.2) is 0 Å². The van der Waals surface area contributed by atoms with E-state index in [2.05, 4.69) is 24.5 Å². The van der Waals surface area contributed by atoms with Gasteiger partial charge in [0.25, 0.3) is 5.91 Å². The highest BCUT2D eigenvalue weighted by Gasteiger charge is 2.42. The summed E-state index contributed by atoms with van der Waals surface area (Å²) in [6, 6.07) is 23.5. The topological polar surface area (TPSA) is 78.5 Å². The van der Waals surface area contributed by atoms with Gasteiger partial charge in [0.05, 0.1) is 17.4 Å². The summed E-state index contributed by atoms with van der Waals surface area (Å²) in [4.78, 5) is 41.0. The molecule has 6 heteroatoms. The number of hydrogen-bond acceptors (Lipinski definition) is 4. The first-order chi connectivity index (χ1) is 17.2. The third kappa shape index (κ3) is 4.42. The number of Topliss-reactive ketones (excluding diaryl/α,β-unsaturated/α-hetero) is 1. The van der Waals surface area contributed by atoms with Gasteiger partial charge < -0.3 is 10.6 Å². The van der Waals surface area contributed by atoms with Crippen LogP contribution in [0.2, 0.25) is 0 Å². The molecule has 3 aromatic carbocycles. The Morgan fingerprint density at radius 1 is 0.917 bits per heavy atom. The van der Waals surface area contributed by atoms with Crippen LogP contribution in [0.4, 0.5) is 17.1 Å². The van der Waals surface area contributed by atoms with Gasteiger partial charge in [-0.3, -0.25) is 19.3 Å². The Kier molecular flexibility index (Phi) is 5.96. The number of hydrogen-bond donors (Lipinski definition) is 2. The molecular formula is C30H29N3O3. The lowest BCUT2D eigenvalue weighted by molar-refractivity contribution is -0.118. The van der Waals surface area contributed by atoms with Crippen LogP contribution < -0.4 is 15.5 Å². The molecule has 0 fully saturated rings. The van der Waals surface area contributed by atoms with Crippen molar-refractivity contribution < 1.29 is 14.4 Å². The predicted octanol–water partition coefficient (Wildman–Crippen LogP) is 6.10. The molecule has 0 saturated heterocycles. The molecule has 5 rings (SSSR count). The molecule has 3 aromatic rings. The number of amides is 2. The largest absolute Gasteiger partial charge is 0.357 e. The average Bonchev–Trinajstić information content (AvgIpc) is 2.98. The zero-order chi connectivity index (χ0) is 25.4. The van der Waals surface area contributed by atoms with Crippen molar-refractivity contribution >= 4 is 34.7 Å². The Labute approximate surface area is 211 Å². The number of anilines is 3. The van der Waals surface area contributed by atoms with E-state index in [9.17, 15) is 14.4 Å². The van der Waals surface area contributed by atoms with Crippen LogP contribution in [0.1, 0.15) is 55.6 Å². The Balaban J connectivity index is 1.58. The molecule has 2 N–H and O–H groups in total. The van der Waals surface area contributed by atoms with Crippen LogP contribution in [0.15, 0.2) is 90.1 Å². The highest BCUT2D eigenvalue weighted by Crippen LogP contribution is 2.48. The molecule has 36 heavy (non-hydrogen) atoms. The van der Waals surface area contributed by atoms with Crippen LogP contribution in [0.5, 0.6) is 0 Å². The van der Waals surface area contributed by atoms with Crippen molar-refractivity contribution in [2.45, 2.75) is 39.7 Å². The maximum absolute atomic E-state index is 13.6. The van der Waals surface area contributed by atoms with Crippen molar-refractivity contribution in [2.75, 3.05) is 15.5 Å². The Bertz CT molecular complexity index is 1370. The molecule has 1 unspecified atom stereocenters. The standard InChI is InChI=1S/C30H29N3O3/c1-19(34)33-25-12-8-7-11-23(25)32-24-17-30(2,3)18-26(35)27(24)28(33)20-13-15-22(16-14-20)31-29(36)21-9-5-4-6-10-21/h4-16,28,32H,17-18H2,1-3H3,(H,31,36). The second kappa shape index (κ2) is 9.11. The van der Waals surface area contributed by atoms with Crippen LogP contribution in [-0.4, -0.2) is 17.6 Å². The van der Waals surface area contributed by atoms with Crippen LogP contribution in [-0.2, 0) is 9.59 Å². The molecule has 1 aliphatic carbocycles. The molecule has 0 aromatic heterocycles. The summed E-state index contributed by atoms with van der Waals surface area (Å²) in [5, 5.41) is 6.41. The summed E-state index contributed by atoms with van der Waals surface area (Å²) in [5.74, 6) is -0.308. The Hall–Kier alpha value is -4.19. The summed E-state index contributed by atoms with van der Waals surface area (Å²) in [6.45, 7) is 5.71. The molecular weight excluding hydrogens is 450 g/mol. The first-order valence-electron chi connectivity index (χ1n) is 12.1. The third-order valence-electron chi connectivity index (χ3n) is 6.76. The van der Waals surface area contributed by atoms with Crippen molar-refractivity contribution in [1.82, 2.24) is 0 Å². The zero-order valence-corrected chi connectivity index (χ0v) is 20.7. The highest BCUT2D eigenvalue weighted by atomic mass is 16.2. The second-order valence-electron chi connectivity index (χ2n) is 10.2. The number of para-hydroxylation sites is 2. The SMILES string of the molecule is CC(=O)N1c2ccccc2NC2=C(C(=O)CC(C)(C)C2)C1c1ccc(NC(=O)c2ccccc2)cc1. The number of carbonyl (C=O) groups is 3. The van der Waals surface area contributed by atoms with Gasteiger partial charge in [-0.1, -0.05) is 56.3 Å². The molecule has 182 valence electrons. The summed E-state index contributed by atoms with van der Waals surface area (Å²) in [7, 11) is 0. The maximum atomic E-state index is 13.6. The van der Waals surface area contributed by atoms with Crippen LogP contribution in [0, 0.1) is 5.41 Å². The minimum absolute atomic E-state index is 0.0410. The Morgan fingerprint density at radius 2 is 1.58 bits per heavy atom. The van der Waals surface area contributed by atoms with E-state index in [4.69, 9.17) is 0 Å². The quantitative estimate of drug-likeness (QED) is 0.476. The fourth-order valence-corrected chi connectivity index (χ4v) is 5.19. The van der Waals surface area contributed by atoms with E-state index >= 15 is 0 Å². The lowest BCUT2D eigenvalue weighted by Gasteiger charge is -2.36. The fraction of sp³-hybridized carbons (Fsp3) is 0.233. The van der Waals surface area contributed by atoms with Crippen LogP contribution in [0.3, 0.4) is 0 Å². The number of fused-ring (bicyclic) bond motifs is 1. The second-order valence-corrected chi connectivity index (χ2v) is 10.2. The maximum Gasteiger partial charge on any atom is 0.255 e. The minimum atomic E-state index is -0.573. The number of rotatable bonds is 3. The van der Waals surface area contributed by atoms with Gasteiger partial charge in [0, 0.05) is 35.9 Å². The fourth-order valence-electron chi connectivity index (χ4n) is 5.19. The summed E-state index contributed by atoms with van der Waals surface area (Å²) < 4.78 is 0. The number of benzene rings is 3. The van der Waals surface area contributed by atoms with E-state index in [1.165, 1.54) is 6.92 Å². The zero-order valence-electron chi connectivity index (χ0n) is 20.7. The van der Waals surface area contributed by atoms with Gasteiger partial charge in [-0.15, -0.1) is 0 Å². The molecule has 0 bridgehead atoms. The monoisotopic (exact) mass is 479 g/mol. The van der Waals surface area contributed by atoms with Gasteiger partial charge in [-0.05, 0) is 53.8 Å². The number of nitrogens with zero attached hydrogens (tertiary/aromatic N) is 1. The number of allylic oxidation sites excluding steroid dienone is 1. The predicted molar refractivity (Wildman–Crippen MR) is 142 cm³/mol. The van der Waals surface area contributed by atoms with Crippen molar-refractivity contribution in [2.24, 2.45) is 5.41 Å². The van der Waals surface area contributed by atoms with Gasteiger partial charge in [0.1, 0.15) is 0 Å². The first kappa shape index (κ1) is 23.5. The number of carbonyl (C=O) groups excluding carboxylic acids is 3. The molecule has 6 nitrogen and oxygen atoms in total. The average molecular weight is 480 g/mol. The highest BCUT2D eigenvalue weighted by molar-refractivity contribution is 6.06. The van der Waals surface area contributed by atoms with Crippen molar-refractivity contribution in [3.8, 4) is 0 Å².